The molecule has 2 aliphatic rings. The highest BCUT2D eigenvalue weighted by Gasteiger charge is 2.44. The summed E-state index contributed by atoms with van der Waals surface area (Å²) in [5.74, 6) is -1.31. The zero-order chi connectivity index (χ0) is 11.0. The van der Waals surface area contributed by atoms with Crippen molar-refractivity contribution in [1.29, 1.82) is 0 Å². The molecule has 1 aliphatic carbocycles. The summed E-state index contributed by atoms with van der Waals surface area (Å²) < 4.78 is 0. The molecular weight excluding hydrogens is 194 g/mol. The molecule has 0 radical (unpaired) electrons. The van der Waals surface area contributed by atoms with Crippen molar-refractivity contribution in [2.75, 3.05) is 0 Å². The minimum Gasteiger partial charge on any atom is -0.481 e. The van der Waals surface area contributed by atoms with Crippen LogP contribution in [-0.4, -0.2) is 34.0 Å². The quantitative estimate of drug-likeness (QED) is 0.747. The predicted molar refractivity (Wildman–Crippen MR) is 54.3 cm³/mol. The lowest BCUT2D eigenvalue weighted by atomic mass is 10.0. The molecule has 4 nitrogen and oxygen atoms in total. The molecule has 0 aromatic heterocycles. The van der Waals surface area contributed by atoms with Gasteiger partial charge >= 0.3 is 5.97 Å². The minimum absolute atomic E-state index is 0.0294. The Kier molecular flexibility index (Phi) is 2.67. The van der Waals surface area contributed by atoms with Crippen LogP contribution in [0.15, 0.2) is 0 Å². The molecule has 2 atom stereocenters. The lowest BCUT2D eigenvalue weighted by Gasteiger charge is -2.29. The molecule has 84 valence electrons. The highest BCUT2D eigenvalue weighted by Crippen LogP contribution is 2.33. The third-order valence-electron chi connectivity index (χ3n) is 3.74. The Bertz CT molecular complexity index is 284. The van der Waals surface area contributed by atoms with E-state index in [4.69, 9.17) is 5.11 Å². The van der Waals surface area contributed by atoms with Crippen molar-refractivity contribution in [2.24, 2.45) is 5.92 Å². The first-order valence-electron chi connectivity index (χ1n) is 5.65. The molecule has 2 rings (SSSR count). The summed E-state index contributed by atoms with van der Waals surface area (Å²) in [5.41, 5.74) is 0. The average Bonchev–Trinajstić information content (AvgIpc) is 2.73. The van der Waals surface area contributed by atoms with Crippen LogP contribution >= 0.6 is 0 Å². The second kappa shape index (κ2) is 3.83. The predicted octanol–water partition coefficient (Wildman–Crippen LogP) is 1.25. The Hall–Kier alpha value is -1.06. The van der Waals surface area contributed by atoms with Gasteiger partial charge in [0.05, 0.1) is 5.92 Å². The molecule has 15 heavy (non-hydrogen) atoms. The van der Waals surface area contributed by atoms with E-state index in [0.29, 0.717) is 6.04 Å². The largest absolute Gasteiger partial charge is 0.481 e. The van der Waals surface area contributed by atoms with Crippen molar-refractivity contribution < 1.29 is 14.7 Å². The summed E-state index contributed by atoms with van der Waals surface area (Å²) in [6, 6.07) is 0.176. The normalized spacial score (nSPS) is 32.6. The van der Waals surface area contributed by atoms with Crippen LogP contribution in [0.2, 0.25) is 0 Å². The van der Waals surface area contributed by atoms with E-state index < -0.39 is 11.9 Å². The van der Waals surface area contributed by atoms with Crippen LogP contribution in [-0.2, 0) is 9.59 Å². The van der Waals surface area contributed by atoms with Gasteiger partial charge in [-0.2, -0.15) is 0 Å². The lowest BCUT2D eigenvalue weighted by molar-refractivity contribution is -0.142. The van der Waals surface area contributed by atoms with Crippen LogP contribution in [0, 0.1) is 5.92 Å². The van der Waals surface area contributed by atoms with Crippen molar-refractivity contribution in [3.8, 4) is 0 Å². The van der Waals surface area contributed by atoms with Gasteiger partial charge in [0.2, 0.25) is 5.91 Å². The molecule has 0 aromatic carbocycles. The monoisotopic (exact) mass is 211 g/mol. The number of hydrogen-bond donors (Lipinski definition) is 1. The van der Waals surface area contributed by atoms with Crippen LogP contribution < -0.4 is 0 Å². The zero-order valence-electron chi connectivity index (χ0n) is 8.98. The van der Waals surface area contributed by atoms with Gasteiger partial charge in [-0.1, -0.05) is 12.8 Å². The third kappa shape index (κ3) is 1.73. The van der Waals surface area contributed by atoms with Gasteiger partial charge in [0, 0.05) is 18.5 Å². The third-order valence-corrected chi connectivity index (χ3v) is 3.74. The summed E-state index contributed by atoms with van der Waals surface area (Å²) in [5, 5.41) is 8.98. The van der Waals surface area contributed by atoms with Crippen molar-refractivity contribution in [3.05, 3.63) is 0 Å². The number of likely N-dealkylation sites (tertiary alicyclic amines) is 1. The summed E-state index contributed by atoms with van der Waals surface area (Å²) in [6.07, 6.45) is 4.61. The van der Waals surface area contributed by atoms with E-state index in [0.717, 1.165) is 12.8 Å². The molecule has 1 amide bonds. The van der Waals surface area contributed by atoms with Crippen LogP contribution in [0.25, 0.3) is 0 Å². The van der Waals surface area contributed by atoms with Crippen molar-refractivity contribution in [3.63, 3.8) is 0 Å². The first kappa shape index (κ1) is 10.5. The molecule has 1 N–H and O–H groups in total. The van der Waals surface area contributed by atoms with E-state index in [1.54, 1.807) is 0 Å². The molecule has 1 saturated heterocycles. The highest BCUT2D eigenvalue weighted by molar-refractivity contribution is 5.87. The molecule has 4 heteroatoms. The molecule has 0 spiro atoms. The first-order valence-corrected chi connectivity index (χ1v) is 5.65. The Morgan fingerprint density at radius 2 is 2.00 bits per heavy atom. The molecule has 1 aliphatic heterocycles. The molecule has 2 unspecified atom stereocenters. The van der Waals surface area contributed by atoms with E-state index in [2.05, 4.69) is 0 Å². The number of carbonyl (C=O) groups excluding carboxylic acids is 1. The van der Waals surface area contributed by atoms with E-state index in [9.17, 15) is 9.59 Å². The zero-order valence-corrected chi connectivity index (χ0v) is 8.98. The van der Waals surface area contributed by atoms with Gasteiger partial charge in [-0.15, -0.1) is 0 Å². The Labute approximate surface area is 89.3 Å². The Morgan fingerprint density at radius 3 is 2.47 bits per heavy atom. The summed E-state index contributed by atoms with van der Waals surface area (Å²) >= 11 is 0. The number of carboxylic acid groups (broad SMARTS) is 1. The van der Waals surface area contributed by atoms with Gasteiger partial charge in [-0.25, -0.2) is 0 Å². The van der Waals surface area contributed by atoms with Gasteiger partial charge in [0.1, 0.15) is 0 Å². The molecule has 0 aromatic rings. The lowest BCUT2D eigenvalue weighted by Crippen LogP contribution is -2.41. The number of carboxylic acids is 1. The maximum Gasteiger partial charge on any atom is 0.309 e. The van der Waals surface area contributed by atoms with Crippen LogP contribution in [0.3, 0.4) is 0 Å². The van der Waals surface area contributed by atoms with Crippen LogP contribution in [0.4, 0.5) is 0 Å². The second-order valence-corrected chi connectivity index (χ2v) is 4.63. The number of amides is 1. The molecule has 0 bridgehead atoms. The maximum atomic E-state index is 11.7. The van der Waals surface area contributed by atoms with E-state index in [1.165, 1.54) is 12.8 Å². The van der Waals surface area contributed by atoms with Gasteiger partial charge < -0.3 is 10.0 Å². The number of nitrogens with zero attached hydrogens (tertiary/aromatic N) is 1. The van der Waals surface area contributed by atoms with Crippen molar-refractivity contribution in [2.45, 2.75) is 51.1 Å². The highest BCUT2D eigenvalue weighted by atomic mass is 16.4. The molecular formula is C11H17NO3. The minimum atomic E-state index is -0.837. The number of hydrogen-bond acceptors (Lipinski definition) is 2. The number of rotatable bonds is 2. The average molecular weight is 211 g/mol. The maximum absolute atomic E-state index is 11.7. The SMILES string of the molecule is CC1C(C(=O)O)CC(=O)N1C1CCCC1. The van der Waals surface area contributed by atoms with Crippen molar-refractivity contribution >= 4 is 11.9 Å². The summed E-state index contributed by atoms with van der Waals surface area (Å²) in [6.45, 7) is 1.86. The Morgan fingerprint density at radius 1 is 1.40 bits per heavy atom. The van der Waals surface area contributed by atoms with Gasteiger partial charge in [0.15, 0.2) is 0 Å². The molecule has 1 saturated carbocycles. The van der Waals surface area contributed by atoms with E-state index in [1.807, 2.05) is 11.8 Å². The van der Waals surface area contributed by atoms with Gasteiger partial charge in [-0.3, -0.25) is 9.59 Å². The second-order valence-electron chi connectivity index (χ2n) is 4.63. The smallest absolute Gasteiger partial charge is 0.309 e. The standard InChI is InChI=1S/C11H17NO3/c1-7-9(11(14)15)6-10(13)12(7)8-4-2-3-5-8/h7-9H,2-6H2,1H3,(H,14,15). The van der Waals surface area contributed by atoms with Crippen LogP contribution in [0.1, 0.15) is 39.0 Å². The van der Waals surface area contributed by atoms with Crippen molar-refractivity contribution in [1.82, 2.24) is 4.90 Å². The number of aliphatic carboxylic acids is 1. The first-order chi connectivity index (χ1) is 7.11. The van der Waals surface area contributed by atoms with Gasteiger partial charge in [0.25, 0.3) is 0 Å². The fourth-order valence-electron chi connectivity index (χ4n) is 2.90. The molecule has 1 heterocycles. The van der Waals surface area contributed by atoms with Gasteiger partial charge in [-0.05, 0) is 19.8 Å². The summed E-state index contributed by atoms with van der Waals surface area (Å²) in [7, 11) is 0. The van der Waals surface area contributed by atoms with E-state index in [-0.39, 0.29) is 18.4 Å². The fraction of sp³-hybridized carbons (Fsp3) is 0.818. The van der Waals surface area contributed by atoms with Crippen LogP contribution in [0.5, 0.6) is 0 Å². The Balaban J connectivity index is 2.11. The summed E-state index contributed by atoms with van der Waals surface area (Å²) in [4.78, 5) is 24.5. The molecule has 2 fully saturated rings. The topological polar surface area (TPSA) is 57.6 Å². The number of carbonyl (C=O) groups is 2. The van der Waals surface area contributed by atoms with E-state index >= 15 is 0 Å². The fourth-order valence-corrected chi connectivity index (χ4v) is 2.90.